The first-order valence-corrected chi connectivity index (χ1v) is 8.66. The van der Waals surface area contributed by atoms with Crippen molar-refractivity contribution in [3.05, 3.63) is 35.4 Å². The van der Waals surface area contributed by atoms with Crippen LogP contribution in [0.25, 0.3) is 0 Å². The van der Waals surface area contributed by atoms with Crippen molar-refractivity contribution in [1.29, 1.82) is 0 Å². The van der Waals surface area contributed by atoms with Gasteiger partial charge in [-0.05, 0) is 44.4 Å². The minimum atomic E-state index is -0.861. The highest BCUT2D eigenvalue weighted by atomic mass is 127. The standard InChI is InChI=1S/C18H27F2N3O.HI/c1-3-21-17(22-12-18(24)9-5-4-6-10-18)23-13(2)14-7-8-15(19)16(20)11-14;/h7-8,11,13,24H,3-6,9-10,12H2,1-2H3,(H2,21,22,23);1H. The van der Waals surface area contributed by atoms with Gasteiger partial charge in [0.1, 0.15) is 0 Å². The van der Waals surface area contributed by atoms with Gasteiger partial charge in [0.15, 0.2) is 17.6 Å². The summed E-state index contributed by atoms with van der Waals surface area (Å²) >= 11 is 0. The van der Waals surface area contributed by atoms with Gasteiger partial charge in [-0.1, -0.05) is 25.3 Å². The number of rotatable bonds is 5. The van der Waals surface area contributed by atoms with Crippen molar-refractivity contribution in [3.63, 3.8) is 0 Å². The van der Waals surface area contributed by atoms with Crippen molar-refractivity contribution in [2.24, 2.45) is 4.99 Å². The Hall–Kier alpha value is -0.960. The van der Waals surface area contributed by atoms with Crippen molar-refractivity contribution in [2.45, 2.75) is 57.6 Å². The van der Waals surface area contributed by atoms with Gasteiger partial charge in [-0.25, -0.2) is 8.78 Å². The molecule has 1 aromatic carbocycles. The maximum Gasteiger partial charge on any atom is 0.191 e. The monoisotopic (exact) mass is 467 g/mol. The van der Waals surface area contributed by atoms with E-state index < -0.39 is 17.2 Å². The van der Waals surface area contributed by atoms with Crippen LogP contribution in [0.5, 0.6) is 0 Å². The summed E-state index contributed by atoms with van der Waals surface area (Å²) in [6, 6.07) is 3.62. The maximum atomic E-state index is 13.4. The molecular weight excluding hydrogens is 439 g/mol. The summed E-state index contributed by atoms with van der Waals surface area (Å²) in [7, 11) is 0. The molecule has 0 amide bonds. The Kier molecular flexibility index (Phi) is 9.06. The second-order valence-corrected chi connectivity index (χ2v) is 6.52. The second-order valence-electron chi connectivity index (χ2n) is 6.52. The summed E-state index contributed by atoms with van der Waals surface area (Å²) in [4.78, 5) is 4.49. The first-order chi connectivity index (χ1) is 11.4. The van der Waals surface area contributed by atoms with Crippen LogP contribution < -0.4 is 10.6 Å². The van der Waals surface area contributed by atoms with Gasteiger partial charge in [0.05, 0.1) is 18.2 Å². The number of nitrogens with zero attached hydrogens (tertiary/aromatic N) is 1. The molecule has 1 saturated carbocycles. The molecule has 1 aliphatic carbocycles. The number of hydrogen-bond acceptors (Lipinski definition) is 2. The average molecular weight is 467 g/mol. The Bertz CT molecular complexity index is 577. The summed E-state index contributed by atoms with van der Waals surface area (Å²) in [5, 5.41) is 16.9. The van der Waals surface area contributed by atoms with Crippen LogP contribution in [0, 0.1) is 11.6 Å². The molecule has 1 fully saturated rings. The van der Waals surface area contributed by atoms with Gasteiger partial charge >= 0.3 is 0 Å². The molecule has 1 atom stereocenters. The third kappa shape index (κ3) is 6.69. The van der Waals surface area contributed by atoms with E-state index in [-0.39, 0.29) is 30.0 Å². The molecule has 25 heavy (non-hydrogen) atoms. The lowest BCUT2D eigenvalue weighted by molar-refractivity contribution is 0.0131. The molecule has 7 heteroatoms. The smallest absolute Gasteiger partial charge is 0.191 e. The van der Waals surface area contributed by atoms with E-state index in [1.54, 1.807) is 6.07 Å². The summed E-state index contributed by atoms with van der Waals surface area (Å²) in [5.41, 5.74) is -0.0953. The predicted molar refractivity (Wildman–Crippen MR) is 107 cm³/mol. The Morgan fingerprint density at radius 3 is 2.52 bits per heavy atom. The van der Waals surface area contributed by atoms with Crippen molar-refractivity contribution in [1.82, 2.24) is 10.6 Å². The lowest BCUT2D eigenvalue weighted by Crippen LogP contribution is -2.41. The number of halogens is 3. The zero-order valence-corrected chi connectivity index (χ0v) is 17.1. The van der Waals surface area contributed by atoms with Gasteiger partial charge in [-0.15, -0.1) is 24.0 Å². The highest BCUT2D eigenvalue weighted by Crippen LogP contribution is 2.28. The second kappa shape index (κ2) is 10.3. The number of aliphatic imine (C=N–C) groups is 1. The zero-order chi connectivity index (χ0) is 17.6. The van der Waals surface area contributed by atoms with Crippen LogP contribution in [0.3, 0.4) is 0 Å². The average Bonchev–Trinajstić information content (AvgIpc) is 2.56. The molecule has 4 nitrogen and oxygen atoms in total. The third-order valence-electron chi connectivity index (χ3n) is 4.46. The minimum absolute atomic E-state index is 0. The molecule has 142 valence electrons. The Morgan fingerprint density at radius 1 is 1.24 bits per heavy atom. The van der Waals surface area contributed by atoms with Crippen LogP contribution in [0.15, 0.2) is 23.2 Å². The molecule has 1 aliphatic rings. The SMILES string of the molecule is CCNC(=NCC1(O)CCCCC1)NC(C)c1ccc(F)c(F)c1.I. The van der Waals surface area contributed by atoms with E-state index in [1.165, 1.54) is 6.07 Å². The number of aliphatic hydroxyl groups is 1. The summed E-state index contributed by atoms with van der Waals surface area (Å²) in [6.45, 7) is 4.82. The summed E-state index contributed by atoms with van der Waals surface area (Å²) in [5.74, 6) is -1.15. The Morgan fingerprint density at radius 2 is 1.92 bits per heavy atom. The fourth-order valence-electron chi connectivity index (χ4n) is 2.98. The van der Waals surface area contributed by atoms with Gasteiger partial charge in [0, 0.05) is 6.54 Å². The number of hydrogen-bond donors (Lipinski definition) is 3. The van der Waals surface area contributed by atoms with E-state index in [9.17, 15) is 13.9 Å². The Labute approximate surface area is 165 Å². The first-order valence-electron chi connectivity index (χ1n) is 8.66. The molecule has 3 N–H and O–H groups in total. The lowest BCUT2D eigenvalue weighted by atomic mass is 9.85. The normalized spacial score (nSPS) is 18.2. The van der Waals surface area contributed by atoms with Gasteiger partial charge in [-0.3, -0.25) is 4.99 Å². The molecule has 0 aromatic heterocycles. The number of nitrogens with one attached hydrogen (secondary N) is 2. The number of benzene rings is 1. The van der Waals surface area contributed by atoms with E-state index in [4.69, 9.17) is 0 Å². The molecular formula is C18H28F2IN3O. The van der Waals surface area contributed by atoms with E-state index in [0.29, 0.717) is 24.6 Å². The molecule has 0 aliphatic heterocycles. The molecule has 0 heterocycles. The van der Waals surface area contributed by atoms with Gasteiger partial charge in [0.25, 0.3) is 0 Å². The fraction of sp³-hybridized carbons (Fsp3) is 0.611. The number of guanidine groups is 1. The summed E-state index contributed by atoms with van der Waals surface area (Å²) < 4.78 is 26.4. The van der Waals surface area contributed by atoms with E-state index in [2.05, 4.69) is 15.6 Å². The van der Waals surface area contributed by atoms with Crippen LogP contribution in [-0.4, -0.2) is 29.8 Å². The highest BCUT2D eigenvalue weighted by Gasteiger charge is 2.28. The molecule has 2 rings (SSSR count). The topological polar surface area (TPSA) is 56.7 Å². The fourth-order valence-corrected chi connectivity index (χ4v) is 2.98. The Balaban J connectivity index is 0.00000312. The van der Waals surface area contributed by atoms with Crippen molar-refractivity contribution in [2.75, 3.05) is 13.1 Å². The molecule has 1 aromatic rings. The van der Waals surface area contributed by atoms with E-state index >= 15 is 0 Å². The minimum Gasteiger partial charge on any atom is -0.388 e. The lowest BCUT2D eigenvalue weighted by Gasteiger charge is -2.30. The molecule has 0 radical (unpaired) electrons. The predicted octanol–water partition coefficient (Wildman–Crippen LogP) is 3.89. The van der Waals surface area contributed by atoms with Crippen molar-refractivity contribution >= 4 is 29.9 Å². The van der Waals surface area contributed by atoms with Crippen LogP contribution in [-0.2, 0) is 0 Å². The maximum absolute atomic E-state index is 13.4. The van der Waals surface area contributed by atoms with E-state index in [0.717, 1.165) is 38.2 Å². The van der Waals surface area contributed by atoms with E-state index in [1.807, 2.05) is 13.8 Å². The highest BCUT2D eigenvalue weighted by molar-refractivity contribution is 14.0. The van der Waals surface area contributed by atoms with Crippen LogP contribution in [0.1, 0.15) is 57.6 Å². The van der Waals surface area contributed by atoms with Crippen molar-refractivity contribution in [3.8, 4) is 0 Å². The first kappa shape index (κ1) is 22.1. The molecule has 0 saturated heterocycles. The molecule has 0 bridgehead atoms. The zero-order valence-electron chi connectivity index (χ0n) is 14.8. The third-order valence-corrected chi connectivity index (χ3v) is 4.46. The largest absolute Gasteiger partial charge is 0.388 e. The molecule has 0 spiro atoms. The molecule has 1 unspecified atom stereocenters. The summed E-state index contributed by atoms with van der Waals surface area (Å²) in [6.07, 6.45) is 4.77. The quantitative estimate of drug-likeness (QED) is 0.350. The van der Waals surface area contributed by atoms with Gasteiger partial charge < -0.3 is 15.7 Å². The van der Waals surface area contributed by atoms with Crippen LogP contribution in [0.2, 0.25) is 0 Å². The van der Waals surface area contributed by atoms with Gasteiger partial charge in [-0.2, -0.15) is 0 Å². The van der Waals surface area contributed by atoms with Gasteiger partial charge in [0.2, 0.25) is 0 Å². The van der Waals surface area contributed by atoms with Crippen LogP contribution >= 0.6 is 24.0 Å². The van der Waals surface area contributed by atoms with Crippen molar-refractivity contribution < 1.29 is 13.9 Å². The van der Waals surface area contributed by atoms with Crippen LogP contribution in [0.4, 0.5) is 8.78 Å².